The van der Waals surface area contributed by atoms with Crippen molar-refractivity contribution in [1.82, 2.24) is 39.0 Å². The number of anilines is 2. The van der Waals surface area contributed by atoms with Crippen molar-refractivity contribution in [3.8, 4) is 5.69 Å². The van der Waals surface area contributed by atoms with Crippen LogP contribution in [0.25, 0.3) is 22.3 Å². The van der Waals surface area contributed by atoms with Gasteiger partial charge in [-0.2, -0.15) is 9.97 Å². The number of nitrogens with two attached hydrogens (primary N) is 2. The van der Waals surface area contributed by atoms with E-state index in [2.05, 4.69) is 42.2 Å². The molecule has 252 valence electrons. The first-order valence-corrected chi connectivity index (χ1v) is 19.1. The molecule has 3 saturated heterocycles. The number of ether oxygens (including phenoxy) is 2. The highest BCUT2D eigenvalue weighted by atomic mass is 32.7. The Morgan fingerprint density at radius 2 is 1.43 bits per heavy atom. The Morgan fingerprint density at radius 3 is 2.02 bits per heavy atom. The van der Waals surface area contributed by atoms with Gasteiger partial charge in [0.2, 0.25) is 11.9 Å². The average molecular weight is 735 g/mol. The van der Waals surface area contributed by atoms with Gasteiger partial charge in [0.15, 0.2) is 34.8 Å². The largest absolute Gasteiger partial charge is 0.418 e. The van der Waals surface area contributed by atoms with Crippen molar-refractivity contribution in [2.45, 2.75) is 49.1 Å². The van der Waals surface area contributed by atoms with Crippen LogP contribution in [0, 0.1) is 5.69 Å². The molecule has 10 atom stereocenters. The fraction of sp³-hybridized carbons (Fsp3) is 0.476. The number of imidazole rings is 2. The molecule has 7 heterocycles. The van der Waals surface area contributed by atoms with Crippen LogP contribution in [0.5, 0.6) is 0 Å². The molecule has 0 saturated carbocycles. The smallest absolute Gasteiger partial charge is 0.387 e. The second-order valence-corrected chi connectivity index (χ2v) is 16.8. The fourth-order valence-corrected chi connectivity index (χ4v) is 8.75. The van der Waals surface area contributed by atoms with E-state index >= 15 is 0 Å². The molecule has 26 heteroatoms. The predicted molar refractivity (Wildman–Crippen MR) is 163 cm³/mol. The number of H-pyrrole nitrogens is 2. The van der Waals surface area contributed by atoms with E-state index in [-0.39, 0.29) is 45.0 Å². The number of aliphatic hydroxyl groups excluding tert-OH is 2. The summed E-state index contributed by atoms with van der Waals surface area (Å²) in [5.41, 5.74) is 15.5. The third-order valence-corrected chi connectivity index (χ3v) is 11.7. The third kappa shape index (κ3) is 5.70. The summed E-state index contributed by atoms with van der Waals surface area (Å²) in [6.07, 6.45) is -9.42. The maximum absolute atomic E-state index is 13.9. The van der Waals surface area contributed by atoms with Crippen LogP contribution in [-0.4, -0.2) is 99.1 Å². The molecule has 0 aliphatic carbocycles. The second kappa shape index (κ2) is 11.7. The maximum atomic E-state index is 13.9. The van der Waals surface area contributed by atoms with E-state index in [9.17, 15) is 28.9 Å². The summed E-state index contributed by atoms with van der Waals surface area (Å²) < 4.78 is 64.1. The van der Waals surface area contributed by atoms with Crippen molar-refractivity contribution < 1.29 is 46.9 Å². The molecule has 8 N–H and O–H groups in total. The highest BCUT2D eigenvalue weighted by Crippen LogP contribution is 2.61. The standard InChI is InChI=1S/C21H24N10O12P2S2/c1-47-45(37)39-3-7-12(11(33)18(41-7)30-4-24-8-14(30)26-20(22)28-16(8)34)42-44(36,46)38-2-6-10(32)13(43-45)19(40-6)31-5-25-9-15(31)27-21(23)29-17(9)35/h1,4-7,10-13,18-19,32-33H,2-3H2,(H,36,46)(H3,22,26,28,34)(H3,23,27,29,35)/t6-,7-,10-,11-,12-,13-,18-,19-,44-,45-/m1/s1. The Kier molecular flexibility index (Phi) is 8.08. The van der Waals surface area contributed by atoms with Crippen molar-refractivity contribution in [3.63, 3.8) is 0 Å². The van der Waals surface area contributed by atoms with Gasteiger partial charge >= 0.3 is 13.6 Å². The van der Waals surface area contributed by atoms with Gasteiger partial charge in [0, 0.05) is 0 Å². The van der Waals surface area contributed by atoms with Gasteiger partial charge in [-0.3, -0.25) is 46.8 Å². The molecule has 3 aliphatic rings. The van der Waals surface area contributed by atoms with Crippen LogP contribution >= 0.6 is 36.6 Å². The summed E-state index contributed by atoms with van der Waals surface area (Å²) in [7, 11) is 0.181. The molecule has 22 nitrogen and oxygen atoms in total. The van der Waals surface area contributed by atoms with E-state index in [0.717, 1.165) is 12.7 Å². The molecule has 4 aromatic rings. The number of aliphatic hydroxyl groups is 2. The minimum Gasteiger partial charge on any atom is -0.387 e. The predicted octanol–water partition coefficient (Wildman–Crippen LogP) is -0.781. The summed E-state index contributed by atoms with van der Waals surface area (Å²) in [6.45, 7) is -10.1. The molecule has 2 bridgehead atoms. The molecule has 47 heavy (non-hydrogen) atoms. The number of thiol groups is 1. The summed E-state index contributed by atoms with van der Waals surface area (Å²) in [5, 5.41) is 22.5. The summed E-state index contributed by atoms with van der Waals surface area (Å²) in [6, 6.07) is 0. The van der Waals surface area contributed by atoms with Crippen LogP contribution in [-0.2, 0) is 36.7 Å². The number of hydrogen-bond donors (Lipinski definition) is 7. The van der Waals surface area contributed by atoms with Gasteiger partial charge in [0.05, 0.1) is 25.9 Å². The zero-order valence-electron chi connectivity index (χ0n) is 23.3. The van der Waals surface area contributed by atoms with Crippen molar-refractivity contribution in [2.75, 3.05) is 24.7 Å². The Hall–Kier alpha value is -3.21. The Balaban J connectivity index is 1.23. The Bertz CT molecular complexity index is 2150. The zero-order valence-corrected chi connectivity index (χ0v) is 26.8. The molecule has 3 fully saturated rings. The van der Waals surface area contributed by atoms with Gasteiger partial charge in [-0.25, -0.2) is 19.1 Å². The van der Waals surface area contributed by atoms with Gasteiger partial charge in [0.1, 0.15) is 36.6 Å². The fourth-order valence-electron chi connectivity index (χ4n) is 5.42. The van der Waals surface area contributed by atoms with Crippen molar-refractivity contribution in [2.24, 2.45) is 0 Å². The van der Waals surface area contributed by atoms with Crippen LogP contribution in [0.15, 0.2) is 22.2 Å². The van der Waals surface area contributed by atoms with Gasteiger partial charge in [-0.05, 0) is 10.8 Å². The lowest BCUT2D eigenvalue weighted by molar-refractivity contribution is -0.0575. The quantitative estimate of drug-likeness (QED) is 0.0981. The van der Waals surface area contributed by atoms with Crippen LogP contribution < -0.4 is 22.6 Å². The van der Waals surface area contributed by atoms with E-state index < -0.39 is 87.0 Å². The van der Waals surface area contributed by atoms with E-state index in [1.54, 1.807) is 0 Å². The molecule has 0 amide bonds. The van der Waals surface area contributed by atoms with Gasteiger partial charge in [-0.1, -0.05) is 17.9 Å². The van der Waals surface area contributed by atoms with Crippen molar-refractivity contribution in [1.29, 1.82) is 0 Å². The minimum absolute atomic E-state index is 0.0548. The number of fused-ring (bicyclic) bond motifs is 5. The molecular formula is C21H24N10O12P2S2. The summed E-state index contributed by atoms with van der Waals surface area (Å²) in [5.74, 6) is -0.486. The maximum Gasteiger partial charge on any atom is 0.418 e. The van der Waals surface area contributed by atoms with Crippen LogP contribution in [0.3, 0.4) is 0 Å². The van der Waals surface area contributed by atoms with E-state index in [1.165, 1.54) is 9.13 Å². The first-order chi connectivity index (χ1) is 22.3. The first-order valence-electron chi connectivity index (χ1n) is 13.4. The molecule has 0 unspecified atom stereocenters. The number of aromatic amines is 2. The third-order valence-electron chi connectivity index (χ3n) is 7.51. The molecule has 3 aliphatic heterocycles. The number of nitrogens with zero attached hydrogens (tertiary/aromatic N) is 6. The minimum atomic E-state index is -4.43. The highest BCUT2D eigenvalue weighted by molar-refractivity contribution is 8.48. The van der Waals surface area contributed by atoms with Gasteiger partial charge in [0.25, 0.3) is 11.1 Å². The summed E-state index contributed by atoms with van der Waals surface area (Å²) in [4.78, 5) is 45.4. The monoisotopic (exact) mass is 734 g/mol. The molecule has 0 radical (unpaired) electrons. The van der Waals surface area contributed by atoms with Crippen molar-refractivity contribution >= 4 is 70.9 Å². The van der Waals surface area contributed by atoms with Gasteiger partial charge < -0.3 is 31.2 Å². The number of rotatable bonds is 2. The Morgan fingerprint density at radius 1 is 0.872 bits per heavy atom. The molecular weight excluding hydrogens is 710 g/mol. The zero-order chi connectivity index (χ0) is 33.4. The number of aromatic nitrogens is 8. The highest BCUT2D eigenvalue weighted by Gasteiger charge is 2.53. The SMILES string of the molecule is C#S[P@]1(=O)OC[C@H]2O[C@@H](n3cnc4c(=O)[nH]c(N)nc43)[C@H](O)[C@@H]2O[P@](=O)(S)OC[C@H]2O[C@@H](n3cnc4c(=O)[nH]c(N)nc43)[C@H](O1)[C@@H]2O. The number of nitrogen functional groups attached to an aromatic ring is 2. The number of nitrogens with one attached hydrogen (secondary N) is 2. The number of hydrogen-bond acceptors (Lipinski definition) is 18. The van der Waals surface area contributed by atoms with Crippen LogP contribution in [0.4, 0.5) is 11.9 Å². The lowest BCUT2D eigenvalue weighted by Crippen LogP contribution is -2.36. The molecule has 0 spiro atoms. The first kappa shape index (κ1) is 32.3. The lowest BCUT2D eigenvalue weighted by Gasteiger charge is -2.26. The molecule has 4 aromatic heterocycles. The summed E-state index contributed by atoms with van der Waals surface area (Å²) >= 11 is 4.03. The van der Waals surface area contributed by atoms with Gasteiger partial charge in [-0.15, -0.1) is 0 Å². The van der Waals surface area contributed by atoms with Crippen LogP contribution in [0.2, 0.25) is 0 Å². The second-order valence-electron chi connectivity index (χ2n) is 10.4. The van der Waals surface area contributed by atoms with E-state index in [1.807, 2.05) is 0 Å². The lowest BCUT2D eigenvalue weighted by atomic mass is 10.1. The normalized spacial score (nSPS) is 36.5. The molecule has 7 rings (SSSR count). The van der Waals surface area contributed by atoms with E-state index in [4.69, 9.17) is 44.7 Å². The topological polar surface area (TPSA) is 309 Å². The van der Waals surface area contributed by atoms with Crippen LogP contribution in [0.1, 0.15) is 12.5 Å². The Labute approximate surface area is 269 Å². The molecule has 0 aromatic carbocycles. The average Bonchev–Trinajstić information content (AvgIpc) is 3.76. The van der Waals surface area contributed by atoms with E-state index in [0.29, 0.717) is 0 Å². The van der Waals surface area contributed by atoms with Crippen molar-refractivity contribution in [3.05, 3.63) is 33.4 Å².